The molecule has 1 fully saturated rings. The Kier molecular flexibility index (Phi) is 4.93. The maximum atomic E-state index is 12.9. The summed E-state index contributed by atoms with van der Waals surface area (Å²) in [5.74, 6) is 3.27. The molecule has 1 N–H and O–H groups in total. The minimum Gasteiger partial charge on any atom is -0.486 e. The highest BCUT2D eigenvalue weighted by Gasteiger charge is 2.28. The quantitative estimate of drug-likeness (QED) is 0.865. The average Bonchev–Trinajstić information content (AvgIpc) is 2.68. The summed E-state index contributed by atoms with van der Waals surface area (Å²) in [6, 6.07) is 14.0. The highest BCUT2D eigenvalue weighted by Crippen LogP contribution is 2.34. The van der Waals surface area contributed by atoms with Crippen molar-refractivity contribution in [3.63, 3.8) is 0 Å². The van der Waals surface area contributed by atoms with Crippen LogP contribution in [0.4, 0.5) is 10.5 Å². The molecule has 0 bridgehead atoms. The smallest absolute Gasteiger partial charge is 0.322 e. The molecule has 5 nitrogen and oxygen atoms in total. The van der Waals surface area contributed by atoms with E-state index in [1.165, 1.54) is 11.1 Å². The van der Waals surface area contributed by atoms with Crippen LogP contribution in [-0.2, 0) is 0 Å². The molecule has 2 aliphatic heterocycles. The summed E-state index contributed by atoms with van der Waals surface area (Å²) in [5, 5.41) is 3.02. The Morgan fingerprint density at radius 1 is 1.12 bits per heavy atom. The molecule has 4 rings (SSSR count). The van der Waals surface area contributed by atoms with Crippen LogP contribution in [0.1, 0.15) is 17.2 Å². The number of rotatable bonds is 2. The van der Waals surface area contributed by atoms with Gasteiger partial charge >= 0.3 is 6.03 Å². The number of urea groups is 1. The Hall–Kier alpha value is -2.34. The van der Waals surface area contributed by atoms with E-state index in [2.05, 4.69) is 36.5 Å². The molecule has 0 spiro atoms. The van der Waals surface area contributed by atoms with Gasteiger partial charge in [-0.05, 0) is 24.6 Å². The maximum Gasteiger partial charge on any atom is 0.322 e. The van der Waals surface area contributed by atoms with E-state index in [1.54, 1.807) is 0 Å². The lowest BCUT2D eigenvalue weighted by Gasteiger charge is -2.35. The number of aryl methyl sites for hydroxylation is 1. The lowest BCUT2D eigenvalue weighted by Crippen LogP contribution is -2.43. The first-order valence-electron chi connectivity index (χ1n) is 8.82. The molecule has 26 heavy (non-hydrogen) atoms. The highest BCUT2D eigenvalue weighted by molar-refractivity contribution is 7.99. The minimum atomic E-state index is -0.0763. The first-order valence-corrected chi connectivity index (χ1v) is 9.98. The predicted molar refractivity (Wildman–Crippen MR) is 104 cm³/mol. The van der Waals surface area contributed by atoms with E-state index in [4.69, 9.17) is 9.47 Å². The van der Waals surface area contributed by atoms with Crippen molar-refractivity contribution in [1.82, 2.24) is 4.90 Å². The highest BCUT2D eigenvalue weighted by atomic mass is 32.2. The number of fused-ring (bicyclic) bond motifs is 1. The average molecular weight is 370 g/mol. The Bertz CT molecular complexity index is 794. The number of hydrogen-bond acceptors (Lipinski definition) is 4. The van der Waals surface area contributed by atoms with Gasteiger partial charge in [0.2, 0.25) is 0 Å². The summed E-state index contributed by atoms with van der Waals surface area (Å²) in [6.45, 7) is 3.90. The second-order valence-electron chi connectivity index (χ2n) is 6.48. The van der Waals surface area contributed by atoms with Gasteiger partial charge in [-0.2, -0.15) is 11.8 Å². The molecule has 0 aromatic heterocycles. The number of nitrogens with zero attached hydrogens (tertiary/aromatic N) is 1. The van der Waals surface area contributed by atoms with Crippen molar-refractivity contribution in [1.29, 1.82) is 0 Å². The molecule has 136 valence electrons. The second kappa shape index (κ2) is 7.50. The predicted octanol–water partition coefficient (Wildman–Crippen LogP) is 4.09. The molecule has 2 heterocycles. The molecule has 2 aromatic rings. The fourth-order valence-electron chi connectivity index (χ4n) is 3.23. The van der Waals surface area contributed by atoms with Crippen molar-refractivity contribution >= 4 is 23.5 Å². The number of thioether (sulfide) groups is 1. The Morgan fingerprint density at radius 2 is 1.88 bits per heavy atom. The van der Waals surface area contributed by atoms with E-state index in [-0.39, 0.29) is 12.1 Å². The molecule has 2 amide bonds. The monoisotopic (exact) mass is 370 g/mol. The van der Waals surface area contributed by atoms with Crippen LogP contribution in [0.3, 0.4) is 0 Å². The van der Waals surface area contributed by atoms with E-state index < -0.39 is 0 Å². The third kappa shape index (κ3) is 3.60. The maximum absolute atomic E-state index is 12.9. The number of nitrogens with one attached hydrogen (secondary N) is 1. The third-order valence-corrected chi connectivity index (χ3v) is 5.67. The molecule has 6 heteroatoms. The number of anilines is 1. The molecular formula is C20H22N2O3S. The Labute approximate surface area is 157 Å². The Morgan fingerprint density at radius 3 is 2.69 bits per heavy atom. The molecule has 2 aliphatic rings. The fourth-order valence-corrected chi connectivity index (χ4v) is 4.32. The van der Waals surface area contributed by atoms with Crippen molar-refractivity contribution in [3.05, 3.63) is 53.6 Å². The summed E-state index contributed by atoms with van der Waals surface area (Å²) in [6.07, 6.45) is 0. The first-order chi connectivity index (χ1) is 12.7. The summed E-state index contributed by atoms with van der Waals surface area (Å²) in [7, 11) is 0. The van der Waals surface area contributed by atoms with Crippen LogP contribution >= 0.6 is 11.8 Å². The van der Waals surface area contributed by atoms with Gasteiger partial charge in [0.1, 0.15) is 13.2 Å². The van der Waals surface area contributed by atoms with Crippen molar-refractivity contribution in [3.8, 4) is 11.5 Å². The lowest BCUT2D eigenvalue weighted by molar-refractivity contribution is 0.171. The number of carbonyl (C=O) groups is 1. The number of carbonyl (C=O) groups excluding carboxylic acids is 1. The topological polar surface area (TPSA) is 50.8 Å². The fraction of sp³-hybridized carbons (Fsp3) is 0.350. The van der Waals surface area contributed by atoms with Crippen molar-refractivity contribution in [2.45, 2.75) is 13.0 Å². The van der Waals surface area contributed by atoms with Crippen molar-refractivity contribution in [2.75, 3.05) is 36.6 Å². The van der Waals surface area contributed by atoms with Crippen LogP contribution in [0.15, 0.2) is 42.5 Å². The largest absolute Gasteiger partial charge is 0.486 e. The molecular weight excluding hydrogens is 348 g/mol. The summed E-state index contributed by atoms with van der Waals surface area (Å²) in [4.78, 5) is 14.8. The van der Waals surface area contributed by atoms with E-state index in [9.17, 15) is 4.79 Å². The van der Waals surface area contributed by atoms with Crippen LogP contribution < -0.4 is 14.8 Å². The van der Waals surface area contributed by atoms with Crippen LogP contribution in [0.2, 0.25) is 0 Å². The van der Waals surface area contributed by atoms with Crippen LogP contribution in [0, 0.1) is 6.92 Å². The Balaban J connectivity index is 1.51. The summed E-state index contributed by atoms with van der Waals surface area (Å²) in [5.41, 5.74) is 3.13. The summed E-state index contributed by atoms with van der Waals surface area (Å²) >= 11 is 1.89. The molecule has 1 saturated heterocycles. The van der Waals surface area contributed by atoms with Crippen LogP contribution in [-0.4, -0.2) is 42.2 Å². The summed E-state index contributed by atoms with van der Waals surface area (Å²) < 4.78 is 11.1. The second-order valence-corrected chi connectivity index (χ2v) is 7.63. The van der Waals surface area contributed by atoms with Crippen molar-refractivity contribution in [2.24, 2.45) is 0 Å². The van der Waals surface area contributed by atoms with Crippen LogP contribution in [0.5, 0.6) is 11.5 Å². The first kappa shape index (κ1) is 17.1. The standard InChI is InChI=1S/C20H22N2O3S/c1-14-2-4-15(5-3-14)17-13-26-11-8-22(17)20(23)21-16-6-7-18-19(12-16)25-10-9-24-18/h2-7,12,17H,8-11,13H2,1H3,(H,21,23). The van der Waals surface area contributed by atoms with E-state index in [0.717, 1.165) is 29.5 Å². The molecule has 2 aromatic carbocycles. The molecule has 1 unspecified atom stereocenters. The van der Waals surface area contributed by atoms with Gasteiger partial charge in [-0.15, -0.1) is 0 Å². The van der Waals surface area contributed by atoms with Gasteiger partial charge in [0, 0.05) is 29.8 Å². The molecule has 1 atom stereocenters. The number of ether oxygens (including phenoxy) is 2. The van der Waals surface area contributed by atoms with E-state index >= 15 is 0 Å². The number of benzene rings is 2. The van der Waals surface area contributed by atoms with Crippen LogP contribution in [0.25, 0.3) is 0 Å². The van der Waals surface area contributed by atoms with E-state index in [1.807, 2.05) is 34.9 Å². The van der Waals surface area contributed by atoms with Crippen molar-refractivity contribution < 1.29 is 14.3 Å². The lowest BCUT2D eigenvalue weighted by atomic mass is 10.1. The van der Waals surface area contributed by atoms with E-state index in [0.29, 0.717) is 19.0 Å². The molecule has 0 saturated carbocycles. The zero-order valence-electron chi connectivity index (χ0n) is 14.7. The number of hydrogen-bond donors (Lipinski definition) is 1. The van der Waals surface area contributed by atoms with Gasteiger partial charge in [0.15, 0.2) is 11.5 Å². The van der Waals surface area contributed by atoms with Gasteiger partial charge in [0.05, 0.1) is 6.04 Å². The number of amides is 2. The van der Waals surface area contributed by atoms with Gasteiger partial charge < -0.3 is 19.7 Å². The van der Waals surface area contributed by atoms with Gasteiger partial charge in [-0.25, -0.2) is 4.79 Å². The van der Waals surface area contributed by atoms with Gasteiger partial charge in [0.25, 0.3) is 0 Å². The minimum absolute atomic E-state index is 0.0763. The third-order valence-electron chi connectivity index (χ3n) is 4.64. The molecule has 0 aliphatic carbocycles. The normalized spacial score (nSPS) is 19.1. The van der Waals surface area contributed by atoms with Gasteiger partial charge in [-0.3, -0.25) is 0 Å². The zero-order chi connectivity index (χ0) is 17.9. The zero-order valence-corrected chi connectivity index (χ0v) is 15.6. The molecule has 0 radical (unpaired) electrons. The SMILES string of the molecule is Cc1ccc(C2CSCCN2C(=O)Nc2ccc3c(c2)OCCO3)cc1. The van der Waals surface area contributed by atoms with Gasteiger partial charge in [-0.1, -0.05) is 29.8 Å².